The van der Waals surface area contributed by atoms with Crippen LogP contribution in [0.15, 0.2) is 41.4 Å². The molecule has 2 N–H and O–H groups in total. The highest BCUT2D eigenvalue weighted by Gasteiger charge is 2.17. The predicted octanol–water partition coefficient (Wildman–Crippen LogP) is 2.34. The van der Waals surface area contributed by atoms with Crippen LogP contribution in [0.4, 0.5) is 5.82 Å². The van der Waals surface area contributed by atoms with E-state index in [1.165, 1.54) is 18.3 Å². The Labute approximate surface area is 122 Å². The normalized spacial score (nSPS) is 11.3. The summed E-state index contributed by atoms with van der Waals surface area (Å²) in [6, 6.07) is 7.68. The standard InChI is InChI=1S/C13H13ClN2O3S/c1-9-4-5-11(7-10(9)8-17)20(18,19)16-13-12(14)3-2-6-15-13/h2-7,17H,8H2,1H3,(H,15,16). The molecule has 0 bridgehead atoms. The number of nitrogens with zero attached hydrogens (tertiary/aromatic N) is 1. The molecule has 0 unspecified atom stereocenters. The van der Waals surface area contributed by atoms with E-state index >= 15 is 0 Å². The van der Waals surface area contributed by atoms with Gasteiger partial charge in [0.25, 0.3) is 10.0 Å². The number of sulfonamides is 1. The molecule has 0 saturated carbocycles. The molecule has 106 valence electrons. The zero-order valence-electron chi connectivity index (χ0n) is 10.7. The summed E-state index contributed by atoms with van der Waals surface area (Å²) in [4.78, 5) is 3.93. The van der Waals surface area contributed by atoms with E-state index in [1.54, 1.807) is 25.1 Å². The van der Waals surface area contributed by atoms with Crippen molar-refractivity contribution >= 4 is 27.4 Å². The maximum absolute atomic E-state index is 12.2. The first-order valence-electron chi connectivity index (χ1n) is 5.78. The van der Waals surface area contributed by atoms with Crippen LogP contribution in [0.1, 0.15) is 11.1 Å². The van der Waals surface area contributed by atoms with E-state index in [0.717, 1.165) is 5.56 Å². The topological polar surface area (TPSA) is 79.3 Å². The lowest BCUT2D eigenvalue weighted by atomic mass is 10.1. The first-order valence-corrected chi connectivity index (χ1v) is 7.64. The van der Waals surface area contributed by atoms with Crippen LogP contribution < -0.4 is 4.72 Å². The molecule has 0 saturated heterocycles. The molecular weight excluding hydrogens is 300 g/mol. The molecule has 1 aromatic carbocycles. The number of aliphatic hydroxyl groups excluding tert-OH is 1. The van der Waals surface area contributed by atoms with Gasteiger partial charge in [0, 0.05) is 6.20 Å². The molecule has 2 rings (SSSR count). The fourth-order valence-corrected chi connectivity index (χ4v) is 2.94. The van der Waals surface area contributed by atoms with Crippen LogP contribution >= 0.6 is 11.6 Å². The minimum Gasteiger partial charge on any atom is -0.392 e. The number of benzene rings is 1. The fourth-order valence-electron chi connectivity index (χ4n) is 1.63. The molecule has 1 aromatic heterocycles. The van der Waals surface area contributed by atoms with Gasteiger partial charge in [-0.3, -0.25) is 4.72 Å². The third-order valence-corrected chi connectivity index (χ3v) is 4.43. The zero-order chi connectivity index (χ0) is 14.8. The molecule has 0 aliphatic heterocycles. The average molecular weight is 313 g/mol. The van der Waals surface area contributed by atoms with E-state index in [4.69, 9.17) is 11.6 Å². The van der Waals surface area contributed by atoms with Gasteiger partial charge in [0.05, 0.1) is 16.5 Å². The average Bonchev–Trinajstić information content (AvgIpc) is 2.41. The lowest BCUT2D eigenvalue weighted by Crippen LogP contribution is -2.14. The largest absolute Gasteiger partial charge is 0.392 e. The van der Waals surface area contributed by atoms with Crippen molar-refractivity contribution in [3.05, 3.63) is 52.7 Å². The number of nitrogens with one attached hydrogen (secondary N) is 1. The lowest BCUT2D eigenvalue weighted by Gasteiger charge is -2.10. The second kappa shape index (κ2) is 5.78. The van der Waals surface area contributed by atoms with E-state index in [1.807, 2.05) is 0 Å². The number of halogens is 1. The van der Waals surface area contributed by atoms with Crippen LogP contribution in [-0.4, -0.2) is 18.5 Å². The van der Waals surface area contributed by atoms with Crippen LogP contribution in [-0.2, 0) is 16.6 Å². The molecule has 2 aromatic rings. The zero-order valence-corrected chi connectivity index (χ0v) is 12.2. The van der Waals surface area contributed by atoms with Gasteiger partial charge in [0.15, 0.2) is 5.82 Å². The summed E-state index contributed by atoms with van der Waals surface area (Å²) in [6.45, 7) is 1.57. The fraction of sp³-hybridized carbons (Fsp3) is 0.154. The predicted molar refractivity (Wildman–Crippen MR) is 77.2 cm³/mol. The minimum atomic E-state index is -3.79. The van der Waals surface area contributed by atoms with Gasteiger partial charge in [-0.25, -0.2) is 13.4 Å². The van der Waals surface area contributed by atoms with Crippen LogP contribution in [0.5, 0.6) is 0 Å². The lowest BCUT2D eigenvalue weighted by molar-refractivity contribution is 0.281. The number of pyridine rings is 1. The van der Waals surface area contributed by atoms with Crippen LogP contribution in [0, 0.1) is 6.92 Å². The van der Waals surface area contributed by atoms with Crippen molar-refractivity contribution in [3.8, 4) is 0 Å². The number of aryl methyl sites for hydroxylation is 1. The molecule has 0 radical (unpaired) electrons. The molecule has 0 spiro atoms. The first kappa shape index (κ1) is 14.8. The van der Waals surface area contributed by atoms with E-state index in [0.29, 0.717) is 5.56 Å². The summed E-state index contributed by atoms with van der Waals surface area (Å²) < 4.78 is 26.8. The van der Waals surface area contributed by atoms with Gasteiger partial charge in [-0.15, -0.1) is 0 Å². The number of hydrogen-bond acceptors (Lipinski definition) is 4. The Morgan fingerprint density at radius 3 is 2.75 bits per heavy atom. The Kier molecular flexibility index (Phi) is 4.27. The highest BCUT2D eigenvalue weighted by atomic mass is 35.5. The summed E-state index contributed by atoms with van der Waals surface area (Å²) >= 11 is 5.87. The highest BCUT2D eigenvalue weighted by molar-refractivity contribution is 7.92. The van der Waals surface area contributed by atoms with Crippen molar-refractivity contribution in [2.45, 2.75) is 18.4 Å². The van der Waals surface area contributed by atoms with Crippen molar-refractivity contribution in [3.63, 3.8) is 0 Å². The number of hydrogen-bond donors (Lipinski definition) is 2. The van der Waals surface area contributed by atoms with E-state index < -0.39 is 10.0 Å². The Balaban J connectivity index is 2.38. The first-order chi connectivity index (χ1) is 9.44. The Hall–Kier alpha value is -1.63. The number of rotatable bonds is 4. The third kappa shape index (κ3) is 3.09. The summed E-state index contributed by atoms with van der Waals surface area (Å²) in [7, 11) is -3.79. The summed E-state index contributed by atoms with van der Waals surface area (Å²) in [5.74, 6) is 0.0697. The molecule has 0 fully saturated rings. The second-order valence-electron chi connectivity index (χ2n) is 4.19. The quantitative estimate of drug-likeness (QED) is 0.908. The molecule has 7 heteroatoms. The maximum atomic E-state index is 12.2. The Bertz CT molecular complexity index is 732. The Morgan fingerprint density at radius 1 is 1.35 bits per heavy atom. The van der Waals surface area contributed by atoms with Gasteiger partial charge >= 0.3 is 0 Å². The number of anilines is 1. The molecule has 5 nitrogen and oxygen atoms in total. The molecule has 0 aliphatic rings. The summed E-state index contributed by atoms with van der Waals surface area (Å²) in [5, 5.41) is 9.41. The third-order valence-electron chi connectivity index (χ3n) is 2.79. The molecule has 1 heterocycles. The van der Waals surface area contributed by atoms with Crippen LogP contribution in [0.2, 0.25) is 5.02 Å². The van der Waals surface area contributed by atoms with Gasteiger partial charge < -0.3 is 5.11 Å². The second-order valence-corrected chi connectivity index (χ2v) is 6.28. The van der Waals surface area contributed by atoms with Gasteiger partial charge in [-0.2, -0.15) is 0 Å². The van der Waals surface area contributed by atoms with Crippen molar-refractivity contribution in [1.29, 1.82) is 0 Å². The van der Waals surface area contributed by atoms with E-state index in [-0.39, 0.29) is 22.3 Å². The highest BCUT2D eigenvalue weighted by Crippen LogP contribution is 2.22. The molecule has 0 aliphatic carbocycles. The van der Waals surface area contributed by atoms with Gasteiger partial charge in [0.1, 0.15) is 0 Å². The van der Waals surface area contributed by atoms with E-state index in [9.17, 15) is 13.5 Å². The van der Waals surface area contributed by atoms with Crippen molar-refractivity contribution in [2.75, 3.05) is 4.72 Å². The Morgan fingerprint density at radius 2 is 2.10 bits per heavy atom. The molecule has 0 atom stereocenters. The SMILES string of the molecule is Cc1ccc(S(=O)(=O)Nc2ncccc2Cl)cc1CO. The molecule has 20 heavy (non-hydrogen) atoms. The van der Waals surface area contributed by atoms with Crippen LogP contribution in [0.3, 0.4) is 0 Å². The summed E-state index contributed by atoms with van der Waals surface area (Å²) in [6.07, 6.45) is 1.44. The van der Waals surface area contributed by atoms with Gasteiger partial charge in [-0.1, -0.05) is 17.7 Å². The minimum absolute atomic E-state index is 0.0499. The van der Waals surface area contributed by atoms with Crippen molar-refractivity contribution in [2.24, 2.45) is 0 Å². The van der Waals surface area contributed by atoms with Crippen molar-refractivity contribution in [1.82, 2.24) is 4.98 Å². The maximum Gasteiger partial charge on any atom is 0.263 e. The number of aromatic nitrogens is 1. The van der Waals surface area contributed by atoms with Gasteiger partial charge in [0.2, 0.25) is 0 Å². The molecule has 0 amide bonds. The van der Waals surface area contributed by atoms with Gasteiger partial charge in [-0.05, 0) is 42.3 Å². The monoisotopic (exact) mass is 312 g/mol. The van der Waals surface area contributed by atoms with Crippen LogP contribution in [0.25, 0.3) is 0 Å². The number of aliphatic hydroxyl groups is 1. The van der Waals surface area contributed by atoms with Crippen molar-refractivity contribution < 1.29 is 13.5 Å². The van der Waals surface area contributed by atoms with E-state index in [2.05, 4.69) is 9.71 Å². The smallest absolute Gasteiger partial charge is 0.263 e. The summed E-state index contributed by atoms with van der Waals surface area (Å²) in [5.41, 5.74) is 1.38. The molecular formula is C13H13ClN2O3S.